The van der Waals surface area contributed by atoms with E-state index in [2.05, 4.69) is 11.1 Å². The SMILES string of the molecule is C=C(F)c1cccc2c1[C@H]1C[C@@H](c3nc4ccc(Cl)cc4n31)N(C)C2=O. The largest absolute Gasteiger partial charge is 0.331 e. The normalized spacial score (nSPS) is 20.9. The Morgan fingerprint density at radius 1 is 1.31 bits per heavy atom. The lowest BCUT2D eigenvalue weighted by atomic mass is 9.93. The third kappa shape index (κ3) is 1.89. The third-order valence-electron chi connectivity index (χ3n) is 5.48. The Bertz CT molecular complexity index is 1120. The van der Waals surface area contributed by atoms with E-state index in [1.807, 2.05) is 12.1 Å². The molecule has 0 saturated heterocycles. The minimum Gasteiger partial charge on any atom is -0.331 e. The van der Waals surface area contributed by atoms with Gasteiger partial charge in [0.25, 0.3) is 5.91 Å². The van der Waals surface area contributed by atoms with Crippen molar-refractivity contribution in [1.29, 1.82) is 0 Å². The first-order valence-electron chi connectivity index (χ1n) is 8.39. The van der Waals surface area contributed by atoms with E-state index < -0.39 is 5.83 Å². The summed E-state index contributed by atoms with van der Waals surface area (Å²) >= 11 is 6.21. The number of nitrogens with zero attached hydrogens (tertiary/aromatic N) is 3. The van der Waals surface area contributed by atoms with Crippen LogP contribution in [0.1, 0.15) is 45.8 Å². The van der Waals surface area contributed by atoms with E-state index >= 15 is 0 Å². The quantitative estimate of drug-likeness (QED) is 0.622. The fourth-order valence-electron chi connectivity index (χ4n) is 4.33. The molecule has 1 amide bonds. The number of amides is 1. The van der Waals surface area contributed by atoms with Crippen molar-refractivity contribution in [2.75, 3.05) is 7.05 Å². The molecule has 2 aliphatic rings. The monoisotopic (exact) mass is 367 g/mol. The zero-order chi connectivity index (χ0) is 18.2. The summed E-state index contributed by atoms with van der Waals surface area (Å²) in [6, 6.07) is 10.3. The van der Waals surface area contributed by atoms with E-state index in [9.17, 15) is 9.18 Å². The van der Waals surface area contributed by atoms with Crippen LogP contribution in [-0.2, 0) is 0 Å². The van der Waals surface area contributed by atoms with Crippen molar-refractivity contribution >= 4 is 34.4 Å². The van der Waals surface area contributed by atoms with Gasteiger partial charge < -0.3 is 9.47 Å². The summed E-state index contributed by atoms with van der Waals surface area (Å²) in [5, 5.41) is 0.618. The van der Waals surface area contributed by atoms with Gasteiger partial charge in [0.05, 0.1) is 23.1 Å². The minimum atomic E-state index is -0.536. The molecule has 130 valence electrons. The lowest BCUT2D eigenvalue weighted by Gasteiger charge is -2.24. The van der Waals surface area contributed by atoms with Crippen molar-refractivity contribution in [3.05, 3.63) is 70.5 Å². The zero-order valence-corrected chi connectivity index (χ0v) is 14.8. The van der Waals surface area contributed by atoms with E-state index in [1.165, 1.54) is 0 Å². The number of rotatable bonds is 1. The molecule has 5 rings (SSSR count). The molecule has 4 nitrogen and oxygen atoms in total. The average Bonchev–Trinajstić information content (AvgIpc) is 3.13. The fourth-order valence-corrected chi connectivity index (χ4v) is 4.49. The summed E-state index contributed by atoms with van der Waals surface area (Å²) in [6.07, 6.45) is 0.657. The third-order valence-corrected chi connectivity index (χ3v) is 5.72. The van der Waals surface area contributed by atoms with Gasteiger partial charge in [0.1, 0.15) is 11.7 Å². The van der Waals surface area contributed by atoms with Crippen molar-refractivity contribution in [3.8, 4) is 0 Å². The molecular weight excluding hydrogens is 353 g/mol. The van der Waals surface area contributed by atoms with E-state index in [-0.39, 0.29) is 18.0 Å². The maximum atomic E-state index is 14.2. The Morgan fingerprint density at radius 2 is 2.12 bits per heavy atom. The van der Waals surface area contributed by atoms with Crippen LogP contribution >= 0.6 is 11.6 Å². The Kier molecular flexibility index (Phi) is 3.10. The molecule has 6 heteroatoms. The van der Waals surface area contributed by atoms with Crippen molar-refractivity contribution in [1.82, 2.24) is 14.5 Å². The molecule has 0 unspecified atom stereocenters. The molecule has 3 aromatic rings. The number of carbonyl (C=O) groups excluding carboxylic acids is 1. The number of carbonyl (C=O) groups is 1. The van der Waals surface area contributed by atoms with Gasteiger partial charge in [-0.3, -0.25) is 4.79 Å². The molecule has 0 N–H and O–H groups in total. The summed E-state index contributed by atoms with van der Waals surface area (Å²) in [7, 11) is 1.78. The van der Waals surface area contributed by atoms with Crippen molar-refractivity contribution in [3.63, 3.8) is 0 Å². The van der Waals surface area contributed by atoms with Gasteiger partial charge in [-0.1, -0.05) is 30.3 Å². The van der Waals surface area contributed by atoms with E-state index in [4.69, 9.17) is 16.6 Å². The maximum Gasteiger partial charge on any atom is 0.254 e. The van der Waals surface area contributed by atoms with Gasteiger partial charge in [0.15, 0.2) is 0 Å². The van der Waals surface area contributed by atoms with Crippen LogP contribution in [0.5, 0.6) is 0 Å². The second-order valence-corrected chi connectivity index (χ2v) is 7.26. The fraction of sp³-hybridized carbons (Fsp3) is 0.200. The molecule has 0 aliphatic carbocycles. The molecule has 0 fully saturated rings. The average molecular weight is 368 g/mol. The van der Waals surface area contributed by atoms with Crippen LogP contribution in [0.4, 0.5) is 4.39 Å². The van der Waals surface area contributed by atoms with E-state index in [0.717, 1.165) is 16.9 Å². The highest BCUT2D eigenvalue weighted by Gasteiger charge is 2.44. The first-order chi connectivity index (χ1) is 12.5. The Hall–Kier alpha value is -2.66. The number of halogens is 2. The van der Waals surface area contributed by atoms with Gasteiger partial charge in [0.2, 0.25) is 0 Å². The number of imidazole rings is 1. The van der Waals surface area contributed by atoms with Crippen LogP contribution in [0.25, 0.3) is 16.9 Å². The van der Waals surface area contributed by atoms with Gasteiger partial charge in [-0.2, -0.15) is 0 Å². The van der Waals surface area contributed by atoms with Crippen molar-refractivity contribution in [2.45, 2.75) is 18.5 Å². The van der Waals surface area contributed by atoms with Crippen LogP contribution in [0.15, 0.2) is 43.0 Å². The molecule has 2 aromatic carbocycles. The summed E-state index contributed by atoms with van der Waals surface area (Å²) in [5.74, 6) is 0.159. The zero-order valence-electron chi connectivity index (χ0n) is 14.0. The molecule has 1 aromatic heterocycles. The highest BCUT2D eigenvalue weighted by molar-refractivity contribution is 6.31. The molecule has 0 spiro atoms. The van der Waals surface area contributed by atoms with Gasteiger partial charge in [-0.05, 0) is 29.8 Å². The van der Waals surface area contributed by atoms with Crippen molar-refractivity contribution < 1.29 is 9.18 Å². The second-order valence-electron chi connectivity index (χ2n) is 6.83. The highest BCUT2D eigenvalue weighted by Crippen LogP contribution is 2.49. The number of benzene rings is 2. The summed E-state index contributed by atoms with van der Waals surface area (Å²) in [5.41, 5.74) is 3.29. The number of hydrogen-bond donors (Lipinski definition) is 0. The standard InChI is InChI=1S/C20H15ClFN3O/c1-10(22)12-4-3-5-13-18(12)16-9-17(24(2)20(13)26)19-23-14-7-6-11(21)8-15(14)25(16)19/h3-8,16-17H,1,9H2,2H3/t16-,17+/m1/s1. The van der Waals surface area contributed by atoms with Gasteiger partial charge >= 0.3 is 0 Å². The Morgan fingerprint density at radius 3 is 2.88 bits per heavy atom. The molecule has 3 heterocycles. The lowest BCUT2D eigenvalue weighted by Crippen LogP contribution is -2.30. The lowest BCUT2D eigenvalue weighted by molar-refractivity contribution is 0.0734. The maximum absolute atomic E-state index is 14.2. The van der Waals surface area contributed by atoms with Crippen LogP contribution in [0, 0.1) is 0 Å². The summed E-state index contributed by atoms with van der Waals surface area (Å²) < 4.78 is 16.3. The smallest absolute Gasteiger partial charge is 0.254 e. The molecule has 26 heavy (non-hydrogen) atoms. The first-order valence-corrected chi connectivity index (χ1v) is 8.77. The number of hydrogen-bond acceptors (Lipinski definition) is 2. The van der Waals surface area contributed by atoms with Gasteiger partial charge in [-0.15, -0.1) is 0 Å². The van der Waals surface area contributed by atoms with Crippen molar-refractivity contribution in [2.24, 2.45) is 0 Å². The summed E-state index contributed by atoms with van der Waals surface area (Å²) in [6.45, 7) is 3.47. The first kappa shape index (κ1) is 15.6. The van der Waals surface area contributed by atoms with E-state index in [1.54, 1.807) is 36.2 Å². The Balaban J connectivity index is 1.89. The summed E-state index contributed by atoms with van der Waals surface area (Å²) in [4.78, 5) is 19.4. The van der Waals surface area contributed by atoms with Crippen LogP contribution in [0.3, 0.4) is 0 Å². The molecular formula is C20H15ClFN3O. The Labute approximate surface area is 154 Å². The predicted octanol–water partition coefficient (Wildman–Crippen LogP) is 4.75. The van der Waals surface area contributed by atoms with Crippen LogP contribution in [-0.4, -0.2) is 27.4 Å². The van der Waals surface area contributed by atoms with Crippen LogP contribution < -0.4 is 0 Å². The molecule has 2 bridgehead atoms. The highest BCUT2D eigenvalue weighted by atomic mass is 35.5. The topological polar surface area (TPSA) is 38.1 Å². The second kappa shape index (κ2) is 5.17. The van der Waals surface area contributed by atoms with Gasteiger partial charge in [-0.25, -0.2) is 9.37 Å². The molecule has 0 saturated carbocycles. The number of aromatic nitrogens is 2. The van der Waals surface area contributed by atoms with Gasteiger partial charge in [0, 0.05) is 29.6 Å². The van der Waals surface area contributed by atoms with E-state index in [0.29, 0.717) is 28.1 Å². The molecule has 2 atom stereocenters. The predicted molar refractivity (Wildman–Crippen MR) is 98.9 cm³/mol. The van der Waals surface area contributed by atoms with Crippen LogP contribution in [0.2, 0.25) is 5.02 Å². The molecule has 2 aliphatic heterocycles. The molecule has 0 radical (unpaired) electrons. The minimum absolute atomic E-state index is 0.119. The number of fused-ring (bicyclic) bond motifs is 9.